The van der Waals surface area contributed by atoms with Crippen LogP contribution in [-0.2, 0) is 11.2 Å². The summed E-state index contributed by atoms with van der Waals surface area (Å²) in [6.07, 6.45) is 0.273. The molecule has 0 aliphatic heterocycles. The molecule has 0 bridgehead atoms. The molecule has 0 fully saturated rings. The van der Waals surface area contributed by atoms with Gasteiger partial charge in [0.2, 0.25) is 5.91 Å². The molecule has 0 atom stereocenters. The number of rotatable bonds is 6. The predicted molar refractivity (Wildman–Crippen MR) is 103 cm³/mol. The van der Waals surface area contributed by atoms with Crippen molar-refractivity contribution in [2.45, 2.75) is 20.3 Å². The largest absolute Gasteiger partial charge is 0.497 e. The molecule has 0 unspecified atom stereocenters. The molecule has 0 aliphatic rings. The molecule has 27 heavy (non-hydrogen) atoms. The van der Waals surface area contributed by atoms with Gasteiger partial charge in [-0.05, 0) is 49.7 Å². The van der Waals surface area contributed by atoms with E-state index in [-0.39, 0.29) is 18.3 Å². The van der Waals surface area contributed by atoms with E-state index < -0.39 is 0 Å². The Morgan fingerprint density at radius 2 is 1.67 bits per heavy atom. The summed E-state index contributed by atoms with van der Waals surface area (Å²) in [6.45, 7) is 3.77. The molecule has 3 aromatic rings. The van der Waals surface area contributed by atoms with Gasteiger partial charge in [0.25, 0.3) is 0 Å². The number of ether oxygens (including phenoxy) is 2. The van der Waals surface area contributed by atoms with E-state index in [4.69, 9.17) is 9.47 Å². The number of methoxy groups -OCH3 is 1. The van der Waals surface area contributed by atoms with Crippen molar-refractivity contribution in [3.05, 3.63) is 71.5 Å². The molecule has 6 nitrogen and oxygen atoms in total. The van der Waals surface area contributed by atoms with Gasteiger partial charge in [0.15, 0.2) is 0 Å². The van der Waals surface area contributed by atoms with Crippen LogP contribution in [0.4, 0.5) is 5.69 Å². The van der Waals surface area contributed by atoms with Gasteiger partial charge in [0, 0.05) is 23.1 Å². The molecule has 0 radical (unpaired) electrons. The molecule has 0 saturated heterocycles. The fourth-order valence-corrected chi connectivity index (χ4v) is 2.62. The van der Waals surface area contributed by atoms with Crippen LogP contribution in [0.2, 0.25) is 0 Å². The maximum Gasteiger partial charge on any atom is 0.322 e. The molecule has 0 saturated carbocycles. The maximum atomic E-state index is 12.3. The molecule has 138 valence electrons. The molecule has 6 heteroatoms. The van der Waals surface area contributed by atoms with Crippen LogP contribution in [0.25, 0.3) is 0 Å². The zero-order valence-electron chi connectivity index (χ0n) is 15.5. The Labute approximate surface area is 158 Å². The van der Waals surface area contributed by atoms with E-state index in [0.29, 0.717) is 11.4 Å². The van der Waals surface area contributed by atoms with Gasteiger partial charge in [-0.2, -0.15) is 0 Å². The molecule has 1 amide bonds. The highest BCUT2D eigenvalue weighted by molar-refractivity contribution is 5.92. The van der Waals surface area contributed by atoms with Crippen molar-refractivity contribution in [1.29, 1.82) is 0 Å². The molecule has 0 aliphatic carbocycles. The number of anilines is 1. The van der Waals surface area contributed by atoms with Gasteiger partial charge in [0.05, 0.1) is 13.5 Å². The molecule has 1 heterocycles. The summed E-state index contributed by atoms with van der Waals surface area (Å²) in [5.41, 5.74) is 3.22. The Bertz CT molecular complexity index is 919. The molecule has 3 rings (SSSR count). The molecule has 0 spiro atoms. The first-order chi connectivity index (χ1) is 13.0. The molecular formula is C21H21N3O3. The number of aryl methyl sites for hydroxylation is 2. The summed E-state index contributed by atoms with van der Waals surface area (Å²) < 4.78 is 10.8. The molecule has 1 aromatic heterocycles. The van der Waals surface area contributed by atoms with Crippen LogP contribution in [0, 0.1) is 13.8 Å². The number of benzene rings is 2. The van der Waals surface area contributed by atoms with Gasteiger partial charge >= 0.3 is 6.01 Å². The van der Waals surface area contributed by atoms with Crippen molar-refractivity contribution in [2.24, 2.45) is 0 Å². The Kier molecular flexibility index (Phi) is 5.66. The third-order valence-corrected chi connectivity index (χ3v) is 3.81. The van der Waals surface area contributed by atoms with Gasteiger partial charge in [-0.15, -0.1) is 0 Å². The second-order valence-electron chi connectivity index (χ2n) is 6.14. The van der Waals surface area contributed by atoms with E-state index in [1.807, 2.05) is 44.2 Å². The number of aromatic nitrogens is 2. The Hall–Kier alpha value is -3.41. The van der Waals surface area contributed by atoms with Gasteiger partial charge in [-0.3, -0.25) is 4.79 Å². The summed E-state index contributed by atoms with van der Waals surface area (Å²) in [5.74, 6) is 1.21. The van der Waals surface area contributed by atoms with Gasteiger partial charge < -0.3 is 14.8 Å². The summed E-state index contributed by atoms with van der Waals surface area (Å²) in [7, 11) is 1.61. The monoisotopic (exact) mass is 363 g/mol. The summed E-state index contributed by atoms with van der Waals surface area (Å²) in [6, 6.07) is 16.7. The first kappa shape index (κ1) is 18.4. The highest BCUT2D eigenvalue weighted by atomic mass is 16.5. The van der Waals surface area contributed by atoms with Crippen LogP contribution in [0.5, 0.6) is 17.5 Å². The number of carbonyl (C=O) groups is 1. The van der Waals surface area contributed by atoms with Crippen molar-refractivity contribution < 1.29 is 14.3 Å². The van der Waals surface area contributed by atoms with Crippen LogP contribution in [0.15, 0.2) is 54.6 Å². The highest BCUT2D eigenvalue weighted by Gasteiger charge is 2.07. The Morgan fingerprint density at radius 3 is 2.33 bits per heavy atom. The number of nitrogens with one attached hydrogen (secondary N) is 1. The molecular weight excluding hydrogens is 342 g/mol. The second-order valence-corrected chi connectivity index (χ2v) is 6.14. The standard InChI is InChI=1S/C21H21N3O3/c1-14-11-15(2)23-21(22-14)27-19-6-4-5-17(13-19)24-20(25)12-16-7-9-18(26-3)10-8-16/h4-11,13H,12H2,1-3H3,(H,24,25). The number of hydrogen-bond acceptors (Lipinski definition) is 5. The minimum absolute atomic E-state index is 0.111. The van der Waals surface area contributed by atoms with Crippen molar-refractivity contribution in [3.63, 3.8) is 0 Å². The van der Waals surface area contributed by atoms with E-state index in [9.17, 15) is 4.79 Å². The average Bonchev–Trinajstić information content (AvgIpc) is 2.61. The van der Waals surface area contributed by atoms with E-state index in [2.05, 4.69) is 15.3 Å². The van der Waals surface area contributed by atoms with Gasteiger partial charge in [0.1, 0.15) is 11.5 Å². The average molecular weight is 363 g/mol. The van der Waals surface area contributed by atoms with E-state index in [0.717, 1.165) is 22.7 Å². The van der Waals surface area contributed by atoms with Crippen LogP contribution < -0.4 is 14.8 Å². The van der Waals surface area contributed by atoms with Crippen molar-refractivity contribution in [1.82, 2.24) is 9.97 Å². The normalized spacial score (nSPS) is 10.3. The van der Waals surface area contributed by atoms with E-state index in [1.165, 1.54) is 0 Å². The lowest BCUT2D eigenvalue weighted by Gasteiger charge is -2.09. The lowest BCUT2D eigenvalue weighted by atomic mass is 10.1. The zero-order valence-corrected chi connectivity index (χ0v) is 15.5. The fourth-order valence-electron chi connectivity index (χ4n) is 2.62. The maximum absolute atomic E-state index is 12.3. The summed E-state index contributed by atoms with van der Waals surface area (Å²) in [4.78, 5) is 20.8. The first-order valence-corrected chi connectivity index (χ1v) is 8.55. The molecule has 2 aromatic carbocycles. The number of hydrogen-bond donors (Lipinski definition) is 1. The first-order valence-electron chi connectivity index (χ1n) is 8.55. The smallest absolute Gasteiger partial charge is 0.322 e. The van der Waals surface area contributed by atoms with Crippen molar-refractivity contribution in [2.75, 3.05) is 12.4 Å². The third-order valence-electron chi connectivity index (χ3n) is 3.81. The lowest BCUT2D eigenvalue weighted by molar-refractivity contribution is -0.115. The minimum Gasteiger partial charge on any atom is -0.497 e. The van der Waals surface area contributed by atoms with Crippen molar-refractivity contribution >= 4 is 11.6 Å². The van der Waals surface area contributed by atoms with Crippen LogP contribution in [0.1, 0.15) is 17.0 Å². The minimum atomic E-state index is -0.111. The van der Waals surface area contributed by atoms with Crippen LogP contribution in [-0.4, -0.2) is 23.0 Å². The number of carbonyl (C=O) groups excluding carboxylic acids is 1. The molecule has 1 N–H and O–H groups in total. The second kappa shape index (κ2) is 8.31. The fraction of sp³-hybridized carbons (Fsp3) is 0.190. The predicted octanol–water partition coefficient (Wildman–Crippen LogP) is 4.08. The lowest BCUT2D eigenvalue weighted by Crippen LogP contribution is -2.14. The number of amides is 1. The Morgan fingerprint density at radius 1 is 0.963 bits per heavy atom. The quantitative estimate of drug-likeness (QED) is 0.714. The third kappa shape index (κ3) is 5.28. The highest BCUT2D eigenvalue weighted by Crippen LogP contribution is 2.22. The summed E-state index contributed by atoms with van der Waals surface area (Å²) in [5, 5.41) is 2.88. The van der Waals surface area contributed by atoms with Gasteiger partial charge in [-0.1, -0.05) is 18.2 Å². The SMILES string of the molecule is COc1ccc(CC(=O)Nc2cccc(Oc3nc(C)cc(C)n3)c2)cc1. The Balaban J connectivity index is 1.65. The van der Waals surface area contributed by atoms with Crippen LogP contribution >= 0.6 is 0 Å². The van der Waals surface area contributed by atoms with Crippen LogP contribution in [0.3, 0.4) is 0 Å². The van der Waals surface area contributed by atoms with Crippen molar-refractivity contribution in [3.8, 4) is 17.5 Å². The zero-order chi connectivity index (χ0) is 19.2. The summed E-state index contributed by atoms with van der Waals surface area (Å²) >= 11 is 0. The van der Waals surface area contributed by atoms with Gasteiger partial charge in [-0.25, -0.2) is 9.97 Å². The van der Waals surface area contributed by atoms with E-state index in [1.54, 1.807) is 31.4 Å². The van der Waals surface area contributed by atoms with E-state index >= 15 is 0 Å². The number of nitrogens with zero attached hydrogens (tertiary/aromatic N) is 2. The topological polar surface area (TPSA) is 73.3 Å².